The number of carbonyl (C=O) groups is 1. The molecule has 0 spiro atoms. The average molecular weight is 199 g/mol. The maximum atomic E-state index is 11.4. The lowest BCUT2D eigenvalue weighted by molar-refractivity contribution is 0.0798. The largest absolute Gasteiger partial charge is 0.381 e. The highest BCUT2D eigenvalue weighted by Crippen LogP contribution is 2.05. The maximum absolute atomic E-state index is 11.4. The van der Waals surface area contributed by atoms with E-state index in [0.29, 0.717) is 6.04 Å². The standard InChI is InChI=1S/C9H17N3O2/c13-9(12-8-5-10-6-8)11-7-1-3-14-4-2-7/h7-8,10H,1-6H2,(H2,11,12,13). The lowest BCUT2D eigenvalue weighted by Crippen LogP contribution is -2.59. The normalized spacial score (nSPS) is 24.0. The average Bonchev–Trinajstić information content (AvgIpc) is 2.13. The van der Waals surface area contributed by atoms with Crippen LogP contribution in [0.2, 0.25) is 0 Å². The molecular weight excluding hydrogens is 182 g/mol. The smallest absolute Gasteiger partial charge is 0.315 e. The first-order valence-corrected chi connectivity index (χ1v) is 5.20. The van der Waals surface area contributed by atoms with Crippen molar-refractivity contribution in [1.29, 1.82) is 0 Å². The zero-order chi connectivity index (χ0) is 9.80. The molecule has 3 N–H and O–H groups in total. The molecule has 2 heterocycles. The fraction of sp³-hybridized carbons (Fsp3) is 0.889. The Bertz CT molecular complexity index is 200. The molecule has 0 atom stereocenters. The molecule has 2 aliphatic rings. The second kappa shape index (κ2) is 4.61. The molecule has 0 radical (unpaired) electrons. The van der Waals surface area contributed by atoms with Gasteiger partial charge in [-0.15, -0.1) is 0 Å². The van der Waals surface area contributed by atoms with Gasteiger partial charge in [0, 0.05) is 32.3 Å². The van der Waals surface area contributed by atoms with Crippen LogP contribution >= 0.6 is 0 Å². The third-order valence-corrected chi connectivity index (χ3v) is 2.67. The van der Waals surface area contributed by atoms with E-state index in [4.69, 9.17) is 4.74 Å². The number of nitrogens with one attached hydrogen (secondary N) is 3. The molecule has 0 aliphatic carbocycles. The van der Waals surface area contributed by atoms with Gasteiger partial charge in [0.2, 0.25) is 0 Å². The lowest BCUT2D eigenvalue weighted by atomic mass is 10.1. The molecule has 5 heteroatoms. The Kier molecular flexibility index (Phi) is 3.21. The molecule has 2 rings (SSSR count). The van der Waals surface area contributed by atoms with Crippen molar-refractivity contribution in [3.05, 3.63) is 0 Å². The fourth-order valence-corrected chi connectivity index (χ4v) is 1.65. The highest BCUT2D eigenvalue weighted by Gasteiger charge is 2.21. The van der Waals surface area contributed by atoms with Crippen molar-refractivity contribution in [3.8, 4) is 0 Å². The highest BCUT2D eigenvalue weighted by atomic mass is 16.5. The first-order chi connectivity index (χ1) is 6.84. The van der Waals surface area contributed by atoms with Crippen LogP contribution in [0.4, 0.5) is 4.79 Å². The SMILES string of the molecule is O=C(NC1CCOCC1)NC1CNC1. The predicted molar refractivity (Wildman–Crippen MR) is 52.2 cm³/mol. The van der Waals surface area contributed by atoms with Crippen LogP contribution in [0.25, 0.3) is 0 Å². The molecule has 0 aromatic rings. The Morgan fingerprint density at radius 1 is 1.14 bits per heavy atom. The van der Waals surface area contributed by atoms with E-state index >= 15 is 0 Å². The van der Waals surface area contributed by atoms with Gasteiger partial charge >= 0.3 is 6.03 Å². The van der Waals surface area contributed by atoms with E-state index in [2.05, 4.69) is 16.0 Å². The van der Waals surface area contributed by atoms with Crippen molar-refractivity contribution in [2.24, 2.45) is 0 Å². The van der Waals surface area contributed by atoms with Gasteiger partial charge in [-0.2, -0.15) is 0 Å². The van der Waals surface area contributed by atoms with Gasteiger partial charge in [-0.05, 0) is 12.8 Å². The summed E-state index contributed by atoms with van der Waals surface area (Å²) in [6.45, 7) is 3.30. The molecule has 2 amide bonds. The van der Waals surface area contributed by atoms with Crippen molar-refractivity contribution in [2.45, 2.75) is 24.9 Å². The number of hydrogen-bond acceptors (Lipinski definition) is 3. The Morgan fingerprint density at radius 2 is 1.79 bits per heavy atom. The molecule has 0 saturated carbocycles. The summed E-state index contributed by atoms with van der Waals surface area (Å²) in [4.78, 5) is 11.4. The molecule has 80 valence electrons. The third kappa shape index (κ3) is 2.59. The van der Waals surface area contributed by atoms with Gasteiger partial charge in [-0.25, -0.2) is 4.79 Å². The number of urea groups is 1. The Labute approximate surface area is 83.6 Å². The van der Waals surface area contributed by atoms with Gasteiger partial charge in [-0.1, -0.05) is 0 Å². The van der Waals surface area contributed by atoms with Crippen LogP contribution in [0.15, 0.2) is 0 Å². The summed E-state index contributed by atoms with van der Waals surface area (Å²) in [6.07, 6.45) is 1.85. The number of amides is 2. The number of carbonyl (C=O) groups excluding carboxylic acids is 1. The van der Waals surface area contributed by atoms with Crippen LogP contribution in [-0.2, 0) is 4.74 Å². The van der Waals surface area contributed by atoms with Crippen LogP contribution in [0.3, 0.4) is 0 Å². The van der Waals surface area contributed by atoms with E-state index in [0.717, 1.165) is 39.1 Å². The van der Waals surface area contributed by atoms with E-state index in [-0.39, 0.29) is 12.1 Å². The molecule has 0 aromatic carbocycles. The molecule has 0 unspecified atom stereocenters. The van der Waals surface area contributed by atoms with Crippen LogP contribution in [0, 0.1) is 0 Å². The molecule has 0 aromatic heterocycles. The first-order valence-electron chi connectivity index (χ1n) is 5.20. The fourth-order valence-electron chi connectivity index (χ4n) is 1.65. The summed E-state index contributed by atoms with van der Waals surface area (Å²) in [5.74, 6) is 0. The quantitative estimate of drug-likeness (QED) is 0.558. The summed E-state index contributed by atoms with van der Waals surface area (Å²) in [7, 11) is 0. The Hall–Kier alpha value is -0.810. The van der Waals surface area contributed by atoms with Crippen LogP contribution in [0.1, 0.15) is 12.8 Å². The summed E-state index contributed by atoms with van der Waals surface area (Å²) in [5, 5.41) is 8.98. The molecule has 2 aliphatic heterocycles. The number of hydrogen-bond donors (Lipinski definition) is 3. The van der Waals surface area contributed by atoms with Crippen LogP contribution < -0.4 is 16.0 Å². The molecule has 0 bridgehead atoms. The molecule has 2 fully saturated rings. The van der Waals surface area contributed by atoms with Crippen LogP contribution in [-0.4, -0.2) is 44.4 Å². The van der Waals surface area contributed by atoms with Gasteiger partial charge in [-0.3, -0.25) is 0 Å². The Morgan fingerprint density at radius 3 is 2.36 bits per heavy atom. The third-order valence-electron chi connectivity index (χ3n) is 2.67. The number of rotatable bonds is 2. The summed E-state index contributed by atoms with van der Waals surface area (Å²) >= 11 is 0. The lowest BCUT2D eigenvalue weighted by Gasteiger charge is -2.30. The first kappa shape index (κ1) is 9.73. The zero-order valence-electron chi connectivity index (χ0n) is 8.21. The highest BCUT2D eigenvalue weighted by molar-refractivity contribution is 5.74. The molecule has 14 heavy (non-hydrogen) atoms. The minimum absolute atomic E-state index is 0.0385. The van der Waals surface area contributed by atoms with Crippen molar-refractivity contribution in [1.82, 2.24) is 16.0 Å². The second-order valence-electron chi connectivity index (χ2n) is 3.86. The van der Waals surface area contributed by atoms with Gasteiger partial charge < -0.3 is 20.7 Å². The topological polar surface area (TPSA) is 62.4 Å². The molecule has 5 nitrogen and oxygen atoms in total. The van der Waals surface area contributed by atoms with Crippen molar-refractivity contribution in [2.75, 3.05) is 26.3 Å². The predicted octanol–water partition coefficient (Wildman–Crippen LogP) is -0.564. The number of ether oxygens (including phenoxy) is 1. The van der Waals surface area contributed by atoms with Crippen molar-refractivity contribution < 1.29 is 9.53 Å². The summed E-state index contributed by atoms with van der Waals surface area (Å²) in [6, 6.07) is 0.565. The molecule has 2 saturated heterocycles. The summed E-state index contributed by atoms with van der Waals surface area (Å²) in [5.41, 5.74) is 0. The Balaban J connectivity index is 1.64. The second-order valence-corrected chi connectivity index (χ2v) is 3.86. The van der Waals surface area contributed by atoms with Crippen molar-refractivity contribution >= 4 is 6.03 Å². The zero-order valence-corrected chi connectivity index (χ0v) is 8.21. The minimum Gasteiger partial charge on any atom is -0.381 e. The maximum Gasteiger partial charge on any atom is 0.315 e. The van der Waals surface area contributed by atoms with E-state index < -0.39 is 0 Å². The van der Waals surface area contributed by atoms with E-state index in [9.17, 15) is 4.79 Å². The summed E-state index contributed by atoms with van der Waals surface area (Å²) < 4.78 is 5.21. The monoisotopic (exact) mass is 199 g/mol. The van der Waals surface area contributed by atoms with Gasteiger partial charge in [0.05, 0.1) is 6.04 Å². The van der Waals surface area contributed by atoms with Gasteiger partial charge in [0.25, 0.3) is 0 Å². The van der Waals surface area contributed by atoms with E-state index in [1.54, 1.807) is 0 Å². The molecular formula is C9H17N3O2. The van der Waals surface area contributed by atoms with Gasteiger partial charge in [0.1, 0.15) is 0 Å². The van der Waals surface area contributed by atoms with Crippen LogP contribution in [0.5, 0.6) is 0 Å². The van der Waals surface area contributed by atoms with Gasteiger partial charge in [0.15, 0.2) is 0 Å². The van der Waals surface area contributed by atoms with E-state index in [1.165, 1.54) is 0 Å². The van der Waals surface area contributed by atoms with Crippen molar-refractivity contribution in [3.63, 3.8) is 0 Å². The minimum atomic E-state index is -0.0385. The van der Waals surface area contributed by atoms with E-state index in [1.807, 2.05) is 0 Å².